The maximum Gasteiger partial charge on any atom is 0.340 e. The van der Waals surface area contributed by atoms with Crippen molar-refractivity contribution < 1.29 is 14.6 Å². The minimum Gasteiger partial charge on any atom is -0.458 e. The van der Waals surface area contributed by atoms with Crippen molar-refractivity contribution >= 4 is 16.9 Å². The van der Waals surface area contributed by atoms with Crippen molar-refractivity contribution in [2.75, 3.05) is 6.54 Å². The Morgan fingerprint density at radius 1 is 1.28 bits per heavy atom. The number of para-hydroxylation sites is 1. The van der Waals surface area contributed by atoms with Gasteiger partial charge in [-0.1, -0.05) is 30.0 Å². The number of nitrogens with two attached hydrogens (primary N) is 1. The molecule has 2 aliphatic heterocycles. The van der Waals surface area contributed by atoms with E-state index in [2.05, 4.69) is 11.8 Å². The topological polar surface area (TPSA) is 107 Å². The number of ether oxygens (including phenoxy) is 1. The molecular formula is C22H17N3O4. The Labute approximate surface area is 165 Å². The van der Waals surface area contributed by atoms with E-state index in [-0.39, 0.29) is 17.7 Å². The number of benzene rings is 1. The first kappa shape index (κ1) is 17.6. The standard InChI is InChI=1S/C22H17N3O4/c23-8-4-3-5-12-13-6-1-2-7-17(13)24-19-15(12)10-25-18(19)9-14-16(21(25)27)11-29-22(28)20(14)26/h1-2,6-7,9,20,26H,4,8,10-11,23H2/t20-/m0/s1. The minimum atomic E-state index is -1.47. The molecule has 1 atom stereocenters. The summed E-state index contributed by atoms with van der Waals surface area (Å²) in [6, 6.07) is 9.36. The maximum atomic E-state index is 13.1. The Balaban J connectivity index is 1.80. The molecule has 0 unspecified atom stereocenters. The third-order valence-electron chi connectivity index (χ3n) is 5.35. The average molecular weight is 387 g/mol. The molecule has 0 amide bonds. The highest BCUT2D eigenvalue weighted by molar-refractivity contribution is 5.91. The van der Waals surface area contributed by atoms with Gasteiger partial charge in [0.05, 0.1) is 29.0 Å². The Morgan fingerprint density at radius 3 is 2.93 bits per heavy atom. The number of rotatable bonds is 1. The molecule has 0 spiro atoms. The van der Waals surface area contributed by atoms with Crippen LogP contribution >= 0.6 is 0 Å². The van der Waals surface area contributed by atoms with Gasteiger partial charge in [-0.05, 0) is 12.1 Å². The van der Waals surface area contributed by atoms with E-state index < -0.39 is 12.1 Å². The lowest BCUT2D eigenvalue weighted by molar-refractivity contribution is -0.157. The first-order chi connectivity index (χ1) is 14.1. The van der Waals surface area contributed by atoms with E-state index >= 15 is 0 Å². The quantitative estimate of drug-likeness (QED) is 0.376. The van der Waals surface area contributed by atoms with Gasteiger partial charge in [0.25, 0.3) is 5.56 Å². The zero-order valence-electron chi connectivity index (χ0n) is 15.4. The van der Waals surface area contributed by atoms with Crippen molar-refractivity contribution in [3.8, 4) is 23.2 Å². The Bertz CT molecular complexity index is 1310. The molecule has 1 aromatic carbocycles. The van der Waals surface area contributed by atoms with Crippen LogP contribution in [0.4, 0.5) is 0 Å². The van der Waals surface area contributed by atoms with Crippen molar-refractivity contribution in [2.45, 2.75) is 25.7 Å². The minimum absolute atomic E-state index is 0.140. The maximum absolute atomic E-state index is 13.1. The molecule has 2 aliphatic rings. The molecule has 2 aromatic heterocycles. The molecule has 0 saturated heterocycles. The van der Waals surface area contributed by atoms with Crippen LogP contribution in [0.2, 0.25) is 0 Å². The van der Waals surface area contributed by atoms with Gasteiger partial charge in [0, 0.05) is 35.0 Å². The monoisotopic (exact) mass is 387 g/mol. The Hall–Kier alpha value is -3.47. The van der Waals surface area contributed by atoms with E-state index in [1.165, 1.54) is 0 Å². The number of esters is 1. The van der Waals surface area contributed by atoms with Gasteiger partial charge < -0.3 is 20.1 Å². The molecule has 0 aliphatic carbocycles. The molecule has 7 nitrogen and oxygen atoms in total. The number of hydrogen-bond acceptors (Lipinski definition) is 6. The van der Waals surface area contributed by atoms with Gasteiger partial charge in [-0.15, -0.1) is 0 Å². The highest BCUT2D eigenvalue weighted by Crippen LogP contribution is 2.37. The van der Waals surface area contributed by atoms with Gasteiger partial charge in [0.15, 0.2) is 6.10 Å². The zero-order valence-corrected chi connectivity index (χ0v) is 15.4. The molecule has 7 heteroatoms. The van der Waals surface area contributed by atoms with Gasteiger partial charge in [-0.3, -0.25) is 4.79 Å². The van der Waals surface area contributed by atoms with Crippen molar-refractivity contribution in [2.24, 2.45) is 5.73 Å². The first-order valence-electron chi connectivity index (χ1n) is 9.32. The van der Waals surface area contributed by atoms with Crippen molar-refractivity contribution in [3.05, 3.63) is 62.9 Å². The van der Waals surface area contributed by atoms with E-state index in [0.717, 1.165) is 22.0 Å². The van der Waals surface area contributed by atoms with E-state index in [4.69, 9.17) is 15.5 Å². The highest BCUT2D eigenvalue weighted by atomic mass is 16.5. The number of carbonyl (C=O) groups excluding carboxylic acids is 1. The lowest BCUT2D eigenvalue weighted by Crippen LogP contribution is -2.32. The number of fused-ring (bicyclic) bond motifs is 5. The number of pyridine rings is 2. The molecule has 0 radical (unpaired) electrons. The first-order valence-corrected chi connectivity index (χ1v) is 9.32. The summed E-state index contributed by atoms with van der Waals surface area (Å²) >= 11 is 0. The molecule has 4 heterocycles. The molecule has 29 heavy (non-hydrogen) atoms. The van der Waals surface area contributed by atoms with E-state index in [0.29, 0.717) is 36.5 Å². The summed E-state index contributed by atoms with van der Waals surface area (Å²) in [5.41, 5.74) is 9.55. The van der Waals surface area contributed by atoms with E-state index in [1.807, 2.05) is 24.3 Å². The lowest BCUT2D eigenvalue weighted by atomic mass is 9.98. The summed E-state index contributed by atoms with van der Waals surface area (Å²) in [7, 11) is 0. The van der Waals surface area contributed by atoms with Gasteiger partial charge >= 0.3 is 5.97 Å². The molecular weight excluding hydrogens is 370 g/mol. The summed E-state index contributed by atoms with van der Waals surface area (Å²) in [5.74, 6) is 5.55. The molecule has 3 aromatic rings. The number of hydrogen-bond donors (Lipinski definition) is 2. The van der Waals surface area contributed by atoms with Crippen LogP contribution in [0.25, 0.3) is 22.3 Å². The van der Waals surface area contributed by atoms with E-state index in [1.54, 1.807) is 10.6 Å². The lowest BCUT2D eigenvalue weighted by Gasteiger charge is -2.21. The van der Waals surface area contributed by atoms with Gasteiger partial charge in [0.1, 0.15) is 6.61 Å². The normalized spacial score (nSPS) is 16.5. The summed E-state index contributed by atoms with van der Waals surface area (Å²) in [6.45, 7) is 0.654. The third kappa shape index (κ3) is 2.58. The molecule has 0 fully saturated rings. The zero-order chi connectivity index (χ0) is 20.1. The molecule has 0 bridgehead atoms. The smallest absolute Gasteiger partial charge is 0.340 e. The van der Waals surface area contributed by atoms with Crippen LogP contribution in [0.3, 0.4) is 0 Å². The van der Waals surface area contributed by atoms with Gasteiger partial charge in [-0.25, -0.2) is 9.78 Å². The summed E-state index contributed by atoms with van der Waals surface area (Å²) < 4.78 is 6.54. The predicted molar refractivity (Wildman–Crippen MR) is 106 cm³/mol. The summed E-state index contributed by atoms with van der Waals surface area (Å²) in [4.78, 5) is 29.6. The second-order valence-electron chi connectivity index (χ2n) is 7.04. The van der Waals surface area contributed by atoms with Crippen molar-refractivity contribution in [1.29, 1.82) is 0 Å². The molecule has 0 saturated carbocycles. The van der Waals surface area contributed by atoms with Crippen LogP contribution in [0.1, 0.15) is 34.8 Å². The van der Waals surface area contributed by atoms with Crippen molar-refractivity contribution in [3.63, 3.8) is 0 Å². The second kappa shape index (κ2) is 6.55. The number of aliphatic hydroxyl groups excluding tert-OH is 1. The van der Waals surface area contributed by atoms with Crippen LogP contribution in [0.15, 0.2) is 35.1 Å². The molecule has 144 valence electrons. The van der Waals surface area contributed by atoms with E-state index in [9.17, 15) is 14.7 Å². The number of cyclic esters (lactones) is 1. The summed E-state index contributed by atoms with van der Waals surface area (Å²) in [5, 5.41) is 11.1. The second-order valence-corrected chi connectivity index (χ2v) is 7.04. The molecule has 5 rings (SSSR count). The van der Waals surface area contributed by atoms with Crippen LogP contribution in [-0.4, -0.2) is 27.2 Å². The Morgan fingerprint density at radius 2 is 2.10 bits per heavy atom. The number of aromatic nitrogens is 2. The number of nitrogens with zero attached hydrogens (tertiary/aromatic N) is 2. The third-order valence-corrected chi connectivity index (χ3v) is 5.35. The van der Waals surface area contributed by atoms with Crippen LogP contribution in [-0.2, 0) is 22.7 Å². The van der Waals surface area contributed by atoms with Gasteiger partial charge in [-0.2, -0.15) is 0 Å². The number of carbonyl (C=O) groups is 1. The SMILES string of the molecule is NCCC#Cc1c2c(nc3ccccc13)-c1cc3c(c(=O)n1C2)COC(=O)[C@H]3O. The fourth-order valence-electron chi connectivity index (χ4n) is 3.94. The predicted octanol–water partition coefficient (Wildman–Crippen LogP) is 1.22. The van der Waals surface area contributed by atoms with Crippen LogP contribution in [0.5, 0.6) is 0 Å². The fourth-order valence-corrected chi connectivity index (χ4v) is 3.94. The van der Waals surface area contributed by atoms with Crippen molar-refractivity contribution in [1.82, 2.24) is 9.55 Å². The van der Waals surface area contributed by atoms with Crippen LogP contribution < -0.4 is 11.3 Å². The number of aliphatic hydroxyl groups is 1. The summed E-state index contributed by atoms with van der Waals surface area (Å²) in [6.07, 6.45) is -0.899. The average Bonchev–Trinajstić information content (AvgIpc) is 3.09. The molecule has 3 N–H and O–H groups in total. The Kier molecular flexibility index (Phi) is 3.98. The fraction of sp³-hybridized carbons (Fsp3) is 0.227. The highest BCUT2D eigenvalue weighted by Gasteiger charge is 2.34. The van der Waals surface area contributed by atoms with Gasteiger partial charge in [0.2, 0.25) is 0 Å². The van der Waals surface area contributed by atoms with Crippen LogP contribution in [0, 0.1) is 11.8 Å². The largest absolute Gasteiger partial charge is 0.458 e.